The van der Waals surface area contributed by atoms with Crippen LogP contribution in [0.1, 0.15) is 26.2 Å². The van der Waals surface area contributed by atoms with E-state index in [1.165, 1.54) is 0 Å². The van der Waals surface area contributed by atoms with Crippen molar-refractivity contribution in [2.24, 2.45) is 0 Å². The highest BCUT2D eigenvalue weighted by Gasteiger charge is 2.26. The molecule has 0 aromatic heterocycles. The first-order valence-corrected chi connectivity index (χ1v) is 7.57. The number of halogens is 2. The number of anilines is 1. The molecule has 1 N–H and O–H groups in total. The van der Waals surface area contributed by atoms with E-state index in [1.807, 2.05) is 11.8 Å². The molecule has 0 amide bonds. The number of thioether (sulfide) groups is 1. The van der Waals surface area contributed by atoms with Gasteiger partial charge in [0, 0.05) is 11.3 Å². The second-order valence-electron chi connectivity index (χ2n) is 4.77. The summed E-state index contributed by atoms with van der Waals surface area (Å²) in [5.41, 5.74) is -0.834. The first kappa shape index (κ1) is 15.0. The van der Waals surface area contributed by atoms with Crippen molar-refractivity contribution in [2.45, 2.75) is 37.5 Å². The third-order valence-electron chi connectivity index (χ3n) is 3.37. The molecule has 1 saturated carbocycles. The van der Waals surface area contributed by atoms with Crippen LogP contribution in [-0.4, -0.2) is 22.0 Å². The van der Waals surface area contributed by atoms with E-state index < -0.39 is 22.2 Å². The van der Waals surface area contributed by atoms with Crippen LogP contribution >= 0.6 is 11.8 Å². The standard InChI is InChI=1S/C13H16F2N2O2S/c1-2-20-10-4-3-8(5-10)16-13-11(14)6-9(17(18)19)7-12(13)15/h6-8,10,16H,2-5H2,1H3. The molecule has 1 fully saturated rings. The molecule has 2 rings (SSSR count). The Balaban J connectivity index is 2.09. The van der Waals surface area contributed by atoms with Crippen molar-refractivity contribution in [1.82, 2.24) is 0 Å². The highest BCUT2D eigenvalue weighted by Crippen LogP contribution is 2.33. The molecule has 0 bridgehead atoms. The minimum absolute atomic E-state index is 0.0181. The number of nitro groups is 1. The number of nitrogens with zero attached hydrogens (tertiary/aromatic N) is 1. The second kappa shape index (κ2) is 6.39. The summed E-state index contributed by atoms with van der Waals surface area (Å²) in [6.07, 6.45) is 2.73. The van der Waals surface area contributed by atoms with E-state index in [0.29, 0.717) is 5.25 Å². The Morgan fingerprint density at radius 2 is 2.05 bits per heavy atom. The number of benzene rings is 1. The highest BCUT2D eigenvalue weighted by atomic mass is 32.2. The maximum absolute atomic E-state index is 13.8. The molecule has 110 valence electrons. The molecule has 0 spiro atoms. The summed E-state index contributed by atoms with van der Waals surface area (Å²) in [5, 5.41) is 13.9. The molecule has 1 aromatic carbocycles. The van der Waals surface area contributed by atoms with E-state index in [4.69, 9.17) is 0 Å². The summed E-state index contributed by atoms with van der Waals surface area (Å²) in [7, 11) is 0. The summed E-state index contributed by atoms with van der Waals surface area (Å²) >= 11 is 1.85. The van der Waals surface area contributed by atoms with Gasteiger partial charge in [-0.25, -0.2) is 8.78 Å². The zero-order chi connectivity index (χ0) is 14.7. The van der Waals surface area contributed by atoms with E-state index in [-0.39, 0.29) is 11.7 Å². The van der Waals surface area contributed by atoms with Crippen molar-refractivity contribution in [3.63, 3.8) is 0 Å². The van der Waals surface area contributed by atoms with Gasteiger partial charge in [0.2, 0.25) is 0 Å². The Morgan fingerprint density at radius 3 is 2.60 bits per heavy atom. The Kier molecular flexibility index (Phi) is 4.80. The number of non-ortho nitro benzene ring substituents is 1. The van der Waals surface area contributed by atoms with E-state index >= 15 is 0 Å². The average Bonchev–Trinajstić information content (AvgIpc) is 2.81. The summed E-state index contributed by atoms with van der Waals surface area (Å²) < 4.78 is 27.5. The van der Waals surface area contributed by atoms with Crippen LogP contribution in [0.2, 0.25) is 0 Å². The van der Waals surface area contributed by atoms with Gasteiger partial charge in [-0.3, -0.25) is 10.1 Å². The van der Waals surface area contributed by atoms with Gasteiger partial charge in [-0.2, -0.15) is 11.8 Å². The van der Waals surface area contributed by atoms with Crippen molar-refractivity contribution in [3.8, 4) is 0 Å². The van der Waals surface area contributed by atoms with Gasteiger partial charge in [0.15, 0.2) is 11.6 Å². The lowest BCUT2D eigenvalue weighted by molar-refractivity contribution is -0.385. The number of nitrogens with one attached hydrogen (secondary N) is 1. The third-order valence-corrected chi connectivity index (χ3v) is 4.61. The molecule has 0 saturated heterocycles. The van der Waals surface area contributed by atoms with E-state index in [0.717, 1.165) is 37.1 Å². The lowest BCUT2D eigenvalue weighted by Crippen LogP contribution is -2.18. The van der Waals surface area contributed by atoms with Crippen LogP contribution in [0.25, 0.3) is 0 Å². The summed E-state index contributed by atoms with van der Waals surface area (Å²) in [6.45, 7) is 2.08. The molecule has 2 atom stereocenters. The quantitative estimate of drug-likeness (QED) is 0.661. The highest BCUT2D eigenvalue weighted by molar-refractivity contribution is 7.99. The predicted octanol–water partition coefficient (Wildman–Crippen LogP) is 3.96. The van der Waals surface area contributed by atoms with Gasteiger partial charge in [-0.15, -0.1) is 0 Å². The molecule has 4 nitrogen and oxygen atoms in total. The van der Waals surface area contributed by atoms with Gasteiger partial charge in [-0.05, 0) is 25.0 Å². The maximum Gasteiger partial charge on any atom is 0.275 e. The molecular weight excluding hydrogens is 286 g/mol. The van der Waals surface area contributed by atoms with Gasteiger partial charge >= 0.3 is 0 Å². The van der Waals surface area contributed by atoms with Crippen molar-refractivity contribution < 1.29 is 13.7 Å². The van der Waals surface area contributed by atoms with Gasteiger partial charge in [0.25, 0.3) is 5.69 Å². The van der Waals surface area contributed by atoms with E-state index in [1.54, 1.807) is 0 Å². The van der Waals surface area contributed by atoms with Gasteiger partial charge in [0.05, 0.1) is 17.1 Å². The van der Waals surface area contributed by atoms with Crippen molar-refractivity contribution >= 4 is 23.1 Å². The normalized spacial score (nSPS) is 21.9. The van der Waals surface area contributed by atoms with Crippen LogP contribution in [0, 0.1) is 21.7 Å². The summed E-state index contributed by atoms with van der Waals surface area (Å²) in [6, 6.07) is 1.52. The molecule has 1 aliphatic carbocycles. The second-order valence-corrected chi connectivity index (χ2v) is 6.35. The topological polar surface area (TPSA) is 55.2 Å². The molecule has 1 aliphatic rings. The van der Waals surface area contributed by atoms with Gasteiger partial charge in [-0.1, -0.05) is 6.92 Å². The van der Waals surface area contributed by atoms with Crippen LogP contribution < -0.4 is 5.32 Å². The Morgan fingerprint density at radius 1 is 1.40 bits per heavy atom. The minimum atomic E-state index is -0.914. The number of rotatable bonds is 5. The molecule has 0 radical (unpaired) electrons. The fraction of sp³-hybridized carbons (Fsp3) is 0.538. The Bertz CT molecular complexity index is 490. The number of nitro benzene ring substituents is 1. The van der Waals surface area contributed by atoms with Crippen molar-refractivity contribution in [3.05, 3.63) is 33.9 Å². The molecule has 7 heteroatoms. The van der Waals surface area contributed by atoms with Gasteiger partial charge in [0.1, 0.15) is 5.69 Å². The van der Waals surface area contributed by atoms with Crippen LogP contribution in [-0.2, 0) is 0 Å². The third kappa shape index (κ3) is 3.39. The van der Waals surface area contributed by atoms with Crippen molar-refractivity contribution in [1.29, 1.82) is 0 Å². The molecule has 0 aliphatic heterocycles. The summed E-state index contributed by atoms with van der Waals surface area (Å²) in [5.74, 6) is -0.802. The lowest BCUT2D eigenvalue weighted by Gasteiger charge is -2.15. The average molecular weight is 302 g/mol. The molecular formula is C13H16F2N2O2S. The SMILES string of the molecule is CCSC1CCC(Nc2c(F)cc([N+](=O)[O-])cc2F)C1. The van der Waals surface area contributed by atoms with E-state index in [2.05, 4.69) is 12.2 Å². The fourth-order valence-corrected chi connectivity index (χ4v) is 3.61. The number of hydrogen-bond acceptors (Lipinski definition) is 4. The molecule has 20 heavy (non-hydrogen) atoms. The lowest BCUT2D eigenvalue weighted by atomic mass is 10.2. The zero-order valence-corrected chi connectivity index (χ0v) is 11.9. The zero-order valence-electron chi connectivity index (χ0n) is 11.1. The molecule has 2 unspecified atom stereocenters. The fourth-order valence-electron chi connectivity index (χ4n) is 2.47. The maximum atomic E-state index is 13.8. The minimum Gasteiger partial charge on any atom is -0.378 e. The van der Waals surface area contributed by atoms with Crippen LogP contribution in [0.3, 0.4) is 0 Å². The number of hydrogen-bond donors (Lipinski definition) is 1. The Hall–Kier alpha value is -1.37. The first-order valence-electron chi connectivity index (χ1n) is 6.52. The van der Waals surface area contributed by atoms with E-state index in [9.17, 15) is 18.9 Å². The van der Waals surface area contributed by atoms with Crippen molar-refractivity contribution in [2.75, 3.05) is 11.1 Å². The largest absolute Gasteiger partial charge is 0.378 e. The van der Waals surface area contributed by atoms with Crippen LogP contribution in [0.5, 0.6) is 0 Å². The monoisotopic (exact) mass is 302 g/mol. The van der Waals surface area contributed by atoms with Crippen LogP contribution in [0.4, 0.5) is 20.2 Å². The smallest absolute Gasteiger partial charge is 0.275 e. The predicted molar refractivity (Wildman–Crippen MR) is 76.2 cm³/mol. The Labute approximate surface area is 120 Å². The first-order chi connectivity index (χ1) is 9.51. The summed E-state index contributed by atoms with van der Waals surface area (Å²) in [4.78, 5) is 9.72. The molecule has 0 heterocycles. The van der Waals surface area contributed by atoms with Crippen LogP contribution in [0.15, 0.2) is 12.1 Å². The van der Waals surface area contributed by atoms with Gasteiger partial charge < -0.3 is 5.32 Å². The molecule has 1 aromatic rings.